The second-order valence-corrected chi connectivity index (χ2v) is 3.59. The van der Waals surface area contributed by atoms with Crippen LogP contribution >= 0.6 is 0 Å². The maximum Gasteiger partial charge on any atom is 0.337 e. The zero-order chi connectivity index (χ0) is 12.3. The summed E-state index contributed by atoms with van der Waals surface area (Å²) in [5.74, 6) is -0.929. The molecule has 0 unspecified atom stereocenters. The molecule has 0 fully saturated rings. The van der Waals surface area contributed by atoms with Gasteiger partial charge in [-0.1, -0.05) is 12.1 Å². The van der Waals surface area contributed by atoms with Crippen LogP contribution in [0.5, 0.6) is 0 Å². The molecule has 1 aromatic carbocycles. The lowest BCUT2D eigenvalue weighted by Gasteiger charge is -2.20. The summed E-state index contributed by atoms with van der Waals surface area (Å²) < 4.78 is 0. The molecule has 4 nitrogen and oxygen atoms in total. The summed E-state index contributed by atoms with van der Waals surface area (Å²) in [6.45, 7) is 0. The number of hydrogen-bond donors (Lipinski definition) is 1. The van der Waals surface area contributed by atoms with Crippen molar-refractivity contribution in [3.63, 3.8) is 0 Å². The molecule has 0 bridgehead atoms. The van der Waals surface area contributed by atoms with E-state index in [9.17, 15) is 4.79 Å². The highest BCUT2D eigenvalue weighted by atomic mass is 16.4. The van der Waals surface area contributed by atoms with E-state index in [-0.39, 0.29) is 5.56 Å². The number of carbonyl (C=O) groups is 1. The Morgan fingerprint density at radius 1 is 1.18 bits per heavy atom. The van der Waals surface area contributed by atoms with E-state index in [0.29, 0.717) is 5.69 Å². The Morgan fingerprint density at radius 2 is 1.82 bits per heavy atom. The van der Waals surface area contributed by atoms with Crippen molar-refractivity contribution in [3.05, 3.63) is 54.4 Å². The van der Waals surface area contributed by atoms with Gasteiger partial charge in [0.25, 0.3) is 0 Å². The van der Waals surface area contributed by atoms with Crippen LogP contribution in [-0.2, 0) is 0 Å². The molecule has 0 atom stereocenters. The predicted molar refractivity (Wildman–Crippen MR) is 65.7 cm³/mol. The van der Waals surface area contributed by atoms with Gasteiger partial charge >= 0.3 is 5.97 Å². The van der Waals surface area contributed by atoms with Crippen LogP contribution in [0.4, 0.5) is 11.4 Å². The van der Waals surface area contributed by atoms with Gasteiger partial charge in [-0.15, -0.1) is 0 Å². The van der Waals surface area contributed by atoms with E-state index in [0.717, 1.165) is 5.69 Å². The van der Waals surface area contributed by atoms with Gasteiger partial charge in [-0.25, -0.2) is 4.79 Å². The Hall–Kier alpha value is -2.36. The molecule has 0 aliphatic rings. The fourth-order valence-corrected chi connectivity index (χ4v) is 1.65. The molecule has 86 valence electrons. The summed E-state index contributed by atoms with van der Waals surface area (Å²) in [5.41, 5.74) is 1.84. The summed E-state index contributed by atoms with van der Waals surface area (Å²) in [6.07, 6.45) is 3.35. The highest BCUT2D eigenvalue weighted by Crippen LogP contribution is 2.26. The first kappa shape index (κ1) is 11.1. The highest BCUT2D eigenvalue weighted by molar-refractivity contribution is 5.95. The fourth-order valence-electron chi connectivity index (χ4n) is 1.65. The summed E-state index contributed by atoms with van der Waals surface area (Å²) in [6, 6.07) is 10.6. The van der Waals surface area contributed by atoms with E-state index >= 15 is 0 Å². The minimum atomic E-state index is -0.929. The van der Waals surface area contributed by atoms with Crippen LogP contribution in [-0.4, -0.2) is 23.1 Å². The molecule has 1 aromatic heterocycles. The molecule has 4 heteroatoms. The van der Waals surface area contributed by atoms with Crippen molar-refractivity contribution in [2.24, 2.45) is 0 Å². The molecule has 0 aliphatic carbocycles. The average Bonchev–Trinajstić information content (AvgIpc) is 2.39. The van der Waals surface area contributed by atoms with Crippen molar-refractivity contribution in [3.8, 4) is 0 Å². The van der Waals surface area contributed by atoms with Gasteiger partial charge in [0.05, 0.1) is 11.3 Å². The molecule has 17 heavy (non-hydrogen) atoms. The largest absolute Gasteiger partial charge is 0.478 e. The third kappa shape index (κ3) is 2.25. The maximum absolute atomic E-state index is 11.1. The molecule has 0 saturated carbocycles. The molecule has 1 N–H and O–H groups in total. The van der Waals surface area contributed by atoms with Gasteiger partial charge in [0.1, 0.15) is 0 Å². The summed E-state index contributed by atoms with van der Waals surface area (Å²) in [4.78, 5) is 16.9. The molecular weight excluding hydrogens is 216 g/mol. The third-order valence-electron chi connectivity index (χ3n) is 2.55. The van der Waals surface area contributed by atoms with E-state index in [1.54, 1.807) is 30.6 Å². The fraction of sp³-hybridized carbons (Fsp3) is 0.0769. The monoisotopic (exact) mass is 228 g/mol. The number of para-hydroxylation sites is 1. The summed E-state index contributed by atoms with van der Waals surface area (Å²) in [5, 5.41) is 9.12. The molecule has 0 saturated heterocycles. The van der Waals surface area contributed by atoms with Gasteiger partial charge in [0.2, 0.25) is 0 Å². The standard InChI is InChI=1S/C13H12N2O2/c1-15(10-6-8-14-9-7-10)12-5-3-2-4-11(12)13(16)17/h2-9H,1H3,(H,16,17). The van der Waals surface area contributed by atoms with E-state index in [4.69, 9.17) is 5.11 Å². The van der Waals surface area contributed by atoms with Gasteiger partial charge in [-0.3, -0.25) is 4.98 Å². The molecule has 0 aliphatic heterocycles. The first-order valence-corrected chi connectivity index (χ1v) is 5.16. The average molecular weight is 228 g/mol. The second kappa shape index (κ2) is 4.65. The van der Waals surface area contributed by atoms with Crippen molar-refractivity contribution >= 4 is 17.3 Å². The van der Waals surface area contributed by atoms with E-state index in [2.05, 4.69) is 4.98 Å². The lowest BCUT2D eigenvalue weighted by molar-refractivity contribution is 0.0697. The second-order valence-electron chi connectivity index (χ2n) is 3.59. The minimum absolute atomic E-state index is 0.284. The Labute approximate surface area is 99.2 Å². The third-order valence-corrected chi connectivity index (χ3v) is 2.55. The minimum Gasteiger partial charge on any atom is -0.478 e. The number of carboxylic acid groups (broad SMARTS) is 1. The molecular formula is C13H12N2O2. The van der Waals surface area contributed by atoms with Gasteiger partial charge in [-0.2, -0.15) is 0 Å². The van der Waals surface area contributed by atoms with Crippen LogP contribution in [0.25, 0.3) is 0 Å². The van der Waals surface area contributed by atoms with Crippen LogP contribution in [0.1, 0.15) is 10.4 Å². The molecule has 0 amide bonds. The van der Waals surface area contributed by atoms with Crippen molar-refractivity contribution < 1.29 is 9.90 Å². The van der Waals surface area contributed by atoms with Crippen LogP contribution in [0.2, 0.25) is 0 Å². The number of carboxylic acids is 1. The van der Waals surface area contributed by atoms with Gasteiger partial charge in [0, 0.05) is 25.1 Å². The predicted octanol–water partition coefficient (Wildman–Crippen LogP) is 2.55. The zero-order valence-corrected chi connectivity index (χ0v) is 9.37. The van der Waals surface area contributed by atoms with Crippen molar-refractivity contribution in [2.75, 3.05) is 11.9 Å². The Balaban J connectivity index is 2.44. The first-order chi connectivity index (χ1) is 8.20. The highest BCUT2D eigenvalue weighted by Gasteiger charge is 2.13. The molecule has 1 heterocycles. The number of benzene rings is 1. The first-order valence-electron chi connectivity index (χ1n) is 5.16. The van der Waals surface area contributed by atoms with Crippen molar-refractivity contribution in [1.82, 2.24) is 4.98 Å². The van der Waals surface area contributed by atoms with E-state index < -0.39 is 5.97 Å². The Bertz CT molecular complexity index is 526. The lowest BCUT2D eigenvalue weighted by Crippen LogP contribution is -2.13. The number of aromatic nitrogens is 1. The number of hydrogen-bond acceptors (Lipinski definition) is 3. The SMILES string of the molecule is CN(c1ccncc1)c1ccccc1C(=O)O. The van der Waals surface area contributed by atoms with E-state index in [1.165, 1.54) is 0 Å². The zero-order valence-electron chi connectivity index (χ0n) is 9.37. The number of pyridine rings is 1. The van der Waals surface area contributed by atoms with E-state index in [1.807, 2.05) is 30.1 Å². The summed E-state index contributed by atoms with van der Waals surface area (Å²) in [7, 11) is 1.83. The van der Waals surface area contributed by atoms with Gasteiger partial charge in [0.15, 0.2) is 0 Å². The number of nitrogens with zero attached hydrogens (tertiary/aromatic N) is 2. The van der Waals surface area contributed by atoms with Crippen LogP contribution in [0, 0.1) is 0 Å². The van der Waals surface area contributed by atoms with Gasteiger partial charge in [-0.05, 0) is 24.3 Å². The summed E-state index contributed by atoms with van der Waals surface area (Å²) >= 11 is 0. The molecule has 2 aromatic rings. The number of aromatic carboxylic acids is 1. The van der Waals surface area contributed by atoms with Crippen LogP contribution in [0.15, 0.2) is 48.8 Å². The quantitative estimate of drug-likeness (QED) is 0.877. The van der Waals surface area contributed by atoms with Crippen molar-refractivity contribution in [1.29, 1.82) is 0 Å². The molecule has 0 spiro atoms. The Morgan fingerprint density at radius 3 is 2.47 bits per heavy atom. The molecule has 0 radical (unpaired) electrons. The maximum atomic E-state index is 11.1. The van der Waals surface area contributed by atoms with Gasteiger partial charge < -0.3 is 10.0 Å². The topological polar surface area (TPSA) is 53.4 Å². The number of anilines is 2. The van der Waals surface area contributed by atoms with Crippen LogP contribution < -0.4 is 4.90 Å². The smallest absolute Gasteiger partial charge is 0.337 e. The van der Waals surface area contributed by atoms with Crippen molar-refractivity contribution in [2.45, 2.75) is 0 Å². The lowest BCUT2D eigenvalue weighted by atomic mass is 10.1. The molecule has 2 rings (SSSR count). The normalized spacial score (nSPS) is 9.94. The Kier molecular flexibility index (Phi) is 3.05. The van der Waals surface area contributed by atoms with Crippen LogP contribution in [0.3, 0.4) is 0 Å². The number of rotatable bonds is 3.